The van der Waals surface area contributed by atoms with Gasteiger partial charge in [0.15, 0.2) is 5.69 Å². The second-order valence-corrected chi connectivity index (χ2v) is 7.47. The van der Waals surface area contributed by atoms with E-state index in [-0.39, 0.29) is 0 Å². The van der Waals surface area contributed by atoms with Crippen LogP contribution in [0.2, 0.25) is 0 Å². The van der Waals surface area contributed by atoms with Crippen LogP contribution in [0.15, 0.2) is 21.1 Å². The number of benzene rings is 1. The van der Waals surface area contributed by atoms with Gasteiger partial charge in [-0.15, -0.1) is 10.2 Å². The Kier molecular flexibility index (Phi) is 7.52. The van der Waals surface area contributed by atoms with E-state index in [1.165, 1.54) is 44.1 Å². The highest BCUT2D eigenvalue weighted by atomic mass is 79.9. The molecule has 2 aromatic rings. The molecule has 0 unspecified atom stereocenters. The van der Waals surface area contributed by atoms with Crippen LogP contribution in [0, 0.1) is 18.8 Å². The summed E-state index contributed by atoms with van der Waals surface area (Å²) in [7, 11) is 0. The van der Waals surface area contributed by atoms with E-state index in [2.05, 4.69) is 73.8 Å². The van der Waals surface area contributed by atoms with E-state index in [1.807, 2.05) is 6.07 Å². The van der Waals surface area contributed by atoms with Gasteiger partial charge in [0.25, 0.3) is 0 Å². The number of hydrogen-bond donors (Lipinski definition) is 0. The molecule has 0 spiro atoms. The van der Waals surface area contributed by atoms with Crippen molar-refractivity contribution in [2.24, 2.45) is 0 Å². The van der Waals surface area contributed by atoms with E-state index in [4.69, 9.17) is 0 Å². The number of aromatic nitrogens is 2. The van der Waals surface area contributed by atoms with Crippen molar-refractivity contribution >= 4 is 42.8 Å². The van der Waals surface area contributed by atoms with Crippen LogP contribution < -0.4 is 0 Å². The monoisotopic (exact) mass is 436 g/mol. The maximum atomic E-state index is 4.30. The molecular weight excluding hydrogens is 416 g/mol. The summed E-state index contributed by atoms with van der Waals surface area (Å²) in [5, 5.41) is 9.61. The molecule has 1 aromatic heterocycles. The van der Waals surface area contributed by atoms with E-state index in [0.29, 0.717) is 0 Å². The molecule has 0 aliphatic heterocycles. The Bertz CT molecular complexity index is 729. The van der Waals surface area contributed by atoms with Gasteiger partial charge >= 0.3 is 0 Å². The molecule has 0 saturated heterocycles. The zero-order valence-electron chi connectivity index (χ0n) is 13.8. The van der Waals surface area contributed by atoms with Gasteiger partial charge in [-0.25, -0.2) is 0 Å². The van der Waals surface area contributed by atoms with Gasteiger partial charge in [0.2, 0.25) is 0 Å². The lowest BCUT2D eigenvalue weighted by molar-refractivity contribution is 0.614. The lowest BCUT2D eigenvalue weighted by atomic mass is 10.1. The fraction of sp³-hybridized carbons (Fsp3) is 0.474. The predicted molar refractivity (Wildman–Crippen MR) is 105 cm³/mol. The molecule has 0 saturated carbocycles. The van der Waals surface area contributed by atoms with Crippen LogP contribution in [0.1, 0.15) is 63.1 Å². The van der Waals surface area contributed by atoms with Crippen LogP contribution in [0.4, 0.5) is 0 Å². The zero-order chi connectivity index (χ0) is 16.7. The first-order chi connectivity index (χ1) is 11.1. The number of hydrogen-bond acceptors (Lipinski definition) is 2. The largest absolute Gasteiger partial charge is 0.150 e. The van der Waals surface area contributed by atoms with Gasteiger partial charge < -0.3 is 0 Å². The lowest BCUT2D eigenvalue weighted by Crippen LogP contribution is -1.93. The first-order valence-corrected chi connectivity index (χ1v) is 9.83. The first-order valence-electron chi connectivity index (χ1n) is 8.24. The van der Waals surface area contributed by atoms with Crippen molar-refractivity contribution < 1.29 is 0 Å². The summed E-state index contributed by atoms with van der Waals surface area (Å²) in [6.07, 6.45) is 8.67. The Morgan fingerprint density at radius 3 is 2.52 bits per heavy atom. The van der Waals surface area contributed by atoms with Crippen LogP contribution in [0.25, 0.3) is 10.9 Å². The minimum Gasteiger partial charge on any atom is -0.148 e. The van der Waals surface area contributed by atoms with Crippen molar-refractivity contribution in [1.29, 1.82) is 0 Å². The molecule has 0 radical (unpaired) electrons. The first kappa shape index (κ1) is 18.4. The maximum absolute atomic E-state index is 4.30. The number of unbranched alkanes of at least 4 members (excludes halogenated alkanes) is 6. The summed E-state index contributed by atoms with van der Waals surface area (Å²) < 4.78 is 1.90. The van der Waals surface area contributed by atoms with Gasteiger partial charge in [0.05, 0.1) is 4.47 Å². The third kappa shape index (κ3) is 5.29. The van der Waals surface area contributed by atoms with Gasteiger partial charge in [-0.2, -0.15) is 0 Å². The third-order valence-electron chi connectivity index (χ3n) is 3.76. The molecule has 0 amide bonds. The van der Waals surface area contributed by atoms with Crippen LogP contribution >= 0.6 is 31.9 Å². The summed E-state index contributed by atoms with van der Waals surface area (Å²) >= 11 is 7.18. The summed E-state index contributed by atoms with van der Waals surface area (Å²) in [6, 6.07) is 4.16. The summed E-state index contributed by atoms with van der Waals surface area (Å²) in [4.78, 5) is 0. The van der Waals surface area contributed by atoms with Crippen molar-refractivity contribution in [2.75, 3.05) is 0 Å². The molecule has 2 nitrogen and oxygen atoms in total. The molecule has 0 aliphatic carbocycles. The summed E-state index contributed by atoms with van der Waals surface area (Å²) in [5.41, 5.74) is 2.77. The molecule has 122 valence electrons. The van der Waals surface area contributed by atoms with Crippen molar-refractivity contribution in [3.63, 3.8) is 0 Å². The fourth-order valence-electron chi connectivity index (χ4n) is 2.49. The number of fused-ring (bicyclic) bond motifs is 1. The predicted octanol–water partition coefficient (Wildman–Crippen LogP) is 6.57. The zero-order valence-corrected chi connectivity index (χ0v) is 16.9. The molecule has 0 bridgehead atoms. The van der Waals surface area contributed by atoms with Crippen molar-refractivity contribution in [1.82, 2.24) is 10.2 Å². The number of rotatable bonds is 6. The van der Waals surface area contributed by atoms with E-state index < -0.39 is 0 Å². The smallest absolute Gasteiger partial charge is 0.148 e. The van der Waals surface area contributed by atoms with Crippen LogP contribution in [-0.2, 0) is 0 Å². The van der Waals surface area contributed by atoms with Crippen molar-refractivity contribution in [3.8, 4) is 11.8 Å². The summed E-state index contributed by atoms with van der Waals surface area (Å²) in [5.74, 6) is 6.39. The van der Waals surface area contributed by atoms with E-state index in [1.54, 1.807) is 0 Å². The Balaban J connectivity index is 2.02. The highest BCUT2D eigenvalue weighted by molar-refractivity contribution is 9.11. The van der Waals surface area contributed by atoms with Crippen molar-refractivity contribution in [3.05, 3.63) is 32.3 Å². The Labute approximate surface area is 155 Å². The Hall–Kier alpha value is -0.920. The molecule has 0 fully saturated rings. The fourth-order valence-corrected chi connectivity index (χ4v) is 3.63. The van der Waals surface area contributed by atoms with Crippen LogP contribution in [-0.4, -0.2) is 10.2 Å². The molecule has 0 atom stereocenters. The van der Waals surface area contributed by atoms with Crippen LogP contribution in [0.5, 0.6) is 0 Å². The quantitative estimate of drug-likeness (QED) is 0.377. The second-order valence-electron chi connectivity index (χ2n) is 5.83. The van der Waals surface area contributed by atoms with E-state index in [0.717, 1.165) is 32.0 Å². The highest BCUT2D eigenvalue weighted by Gasteiger charge is 2.09. The van der Waals surface area contributed by atoms with E-state index in [9.17, 15) is 0 Å². The normalized spacial score (nSPS) is 10.6. The topological polar surface area (TPSA) is 25.8 Å². The number of aryl methyl sites for hydroxylation is 1. The molecule has 1 heterocycles. The minimum atomic E-state index is 0.723. The molecule has 4 heteroatoms. The molecule has 0 N–H and O–H groups in total. The maximum Gasteiger partial charge on any atom is 0.150 e. The standard InChI is InChI=1S/C19H22Br2N2/c1-3-4-5-6-7-8-9-10-11-17-18(21)15-12-14(2)13-16(20)19(15)23-22-17/h12-13H,3-9H2,1-2H3. The number of nitrogens with zero attached hydrogens (tertiary/aromatic N) is 2. The van der Waals surface area contributed by atoms with Crippen molar-refractivity contribution in [2.45, 2.75) is 58.8 Å². The average molecular weight is 438 g/mol. The van der Waals surface area contributed by atoms with Gasteiger partial charge in [-0.3, -0.25) is 0 Å². The molecular formula is C19H22Br2N2. The molecule has 1 aromatic carbocycles. The van der Waals surface area contributed by atoms with Gasteiger partial charge in [-0.05, 0) is 68.8 Å². The Morgan fingerprint density at radius 1 is 1.00 bits per heavy atom. The molecule has 0 aliphatic rings. The van der Waals surface area contributed by atoms with Crippen LogP contribution in [0.3, 0.4) is 0 Å². The summed E-state index contributed by atoms with van der Waals surface area (Å²) in [6.45, 7) is 4.31. The molecule has 23 heavy (non-hydrogen) atoms. The Morgan fingerprint density at radius 2 is 1.74 bits per heavy atom. The van der Waals surface area contributed by atoms with Gasteiger partial charge in [0, 0.05) is 16.3 Å². The molecule has 2 rings (SSSR count). The average Bonchev–Trinajstić information content (AvgIpc) is 2.52. The number of halogens is 2. The second kappa shape index (κ2) is 9.39. The van der Waals surface area contributed by atoms with E-state index >= 15 is 0 Å². The van der Waals surface area contributed by atoms with Gasteiger partial charge in [0.1, 0.15) is 5.52 Å². The SMILES string of the molecule is CCCCCCCCC#Cc1nnc2c(Br)cc(C)cc2c1Br. The minimum absolute atomic E-state index is 0.723. The lowest BCUT2D eigenvalue weighted by Gasteiger charge is -2.04. The highest BCUT2D eigenvalue weighted by Crippen LogP contribution is 2.30. The van der Waals surface area contributed by atoms with Gasteiger partial charge in [-0.1, -0.05) is 44.9 Å². The third-order valence-corrected chi connectivity index (χ3v) is 5.17.